The molecule has 1 fully saturated rings. The van der Waals surface area contributed by atoms with Gasteiger partial charge in [0.15, 0.2) is 0 Å². The van der Waals surface area contributed by atoms with E-state index in [1.807, 2.05) is 11.8 Å². The summed E-state index contributed by atoms with van der Waals surface area (Å²) in [6.45, 7) is 5.29. The molecule has 94 valence electrons. The zero-order valence-electron chi connectivity index (χ0n) is 10.2. The third-order valence-electron chi connectivity index (χ3n) is 2.92. The molecule has 1 saturated heterocycles. The van der Waals surface area contributed by atoms with Crippen molar-refractivity contribution in [3.8, 4) is 0 Å². The minimum atomic E-state index is -0.103. The highest BCUT2D eigenvalue weighted by molar-refractivity contribution is 7.09. The first-order chi connectivity index (χ1) is 8.08. The van der Waals surface area contributed by atoms with E-state index in [-0.39, 0.29) is 11.9 Å². The molecule has 6 heteroatoms. The first-order valence-electron chi connectivity index (χ1n) is 5.76. The molecule has 2 heterocycles. The van der Waals surface area contributed by atoms with Gasteiger partial charge in [0.1, 0.15) is 10.7 Å². The number of aromatic nitrogens is 1. The van der Waals surface area contributed by atoms with Crippen LogP contribution >= 0.6 is 11.3 Å². The third-order valence-corrected chi connectivity index (χ3v) is 3.97. The van der Waals surface area contributed by atoms with Crippen molar-refractivity contribution in [2.75, 3.05) is 33.2 Å². The second-order valence-corrected chi connectivity index (χ2v) is 5.34. The maximum absolute atomic E-state index is 12.2. The molecule has 1 aromatic rings. The van der Waals surface area contributed by atoms with Crippen molar-refractivity contribution in [2.24, 2.45) is 5.73 Å². The summed E-state index contributed by atoms with van der Waals surface area (Å²) < 4.78 is 0. The van der Waals surface area contributed by atoms with Crippen LogP contribution in [0.3, 0.4) is 0 Å². The molecule has 2 rings (SSSR count). The van der Waals surface area contributed by atoms with Crippen LogP contribution in [0, 0.1) is 0 Å². The molecule has 0 bridgehead atoms. The van der Waals surface area contributed by atoms with E-state index in [1.54, 1.807) is 5.38 Å². The van der Waals surface area contributed by atoms with E-state index < -0.39 is 0 Å². The lowest BCUT2D eigenvalue weighted by atomic mass is 10.3. The average molecular weight is 254 g/mol. The Hall–Kier alpha value is -0.980. The summed E-state index contributed by atoms with van der Waals surface area (Å²) in [6.07, 6.45) is 0. The highest BCUT2D eigenvalue weighted by Crippen LogP contribution is 2.17. The van der Waals surface area contributed by atoms with Gasteiger partial charge in [0.05, 0.1) is 6.04 Å². The van der Waals surface area contributed by atoms with Crippen molar-refractivity contribution in [1.29, 1.82) is 0 Å². The van der Waals surface area contributed by atoms with Gasteiger partial charge in [-0.2, -0.15) is 0 Å². The normalized spacial score (nSPS) is 19.4. The molecule has 2 N–H and O–H groups in total. The van der Waals surface area contributed by atoms with Crippen LogP contribution in [0.5, 0.6) is 0 Å². The number of rotatable bonds is 2. The number of carbonyl (C=O) groups is 1. The molecule has 0 spiro atoms. The molecule has 0 aromatic carbocycles. The lowest BCUT2D eigenvalue weighted by molar-refractivity contribution is 0.0659. The van der Waals surface area contributed by atoms with Gasteiger partial charge in [-0.1, -0.05) is 0 Å². The highest BCUT2D eigenvalue weighted by atomic mass is 32.1. The summed E-state index contributed by atoms with van der Waals surface area (Å²) in [7, 11) is 2.07. The van der Waals surface area contributed by atoms with Crippen LogP contribution < -0.4 is 5.73 Å². The SMILES string of the molecule is CC(N)c1nc(C(=O)N2CCN(C)CC2)cs1. The molecule has 1 amide bonds. The van der Waals surface area contributed by atoms with Gasteiger partial charge in [0, 0.05) is 31.6 Å². The van der Waals surface area contributed by atoms with Crippen LogP contribution in [0.2, 0.25) is 0 Å². The largest absolute Gasteiger partial charge is 0.335 e. The number of nitrogens with zero attached hydrogens (tertiary/aromatic N) is 3. The van der Waals surface area contributed by atoms with Crippen molar-refractivity contribution in [1.82, 2.24) is 14.8 Å². The Morgan fingerprint density at radius 2 is 2.12 bits per heavy atom. The monoisotopic (exact) mass is 254 g/mol. The molecular formula is C11H18N4OS. The average Bonchev–Trinajstić information content (AvgIpc) is 2.78. The minimum Gasteiger partial charge on any atom is -0.335 e. The number of hydrogen-bond donors (Lipinski definition) is 1. The van der Waals surface area contributed by atoms with E-state index in [2.05, 4.69) is 16.9 Å². The number of hydrogen-bond acceptors (Lipinski definition) is 5. The van der Waals surface area contributed by atoms with E-state index in [0.29, 0.717) is 5.69 Å². The number of carbonyl (C=O) groups excluding carboxylic acids is 1. The number of thiazole rings is 1. The standard InChI is InChI=1S/C11H18N4OS/c1-8(12)10-13-9(7-17-10)11(16)15-5-3-14(2)4-6-15/h7-8H,3-6,12H2,1-2H3. The molecular weight excluding hydrogens is 236 g/mol. The fourth-order valence-electron chi connectivity index (χ4n) is 1.77. The van der Waals surface area contributed by atoms with Gasteiger partial charge in [-0.25, -0.2) is 4.98 Å². The molecule has 5 nitrogen and oxygen atoms in total. The first kappa shape index (κ1) is 12.5. The topological polar surface area (TPSA) is 62.5 Å². The van der Waals surface area contributed by atoms with E-state index >= 15 is 0 Å². The zero-order valence-corrected chi connectivity index (χ0v) is 11.0. The van der Waals surface area contributed by atoms with E-state index in [9.17, 15) is 4.79 Å². The minimum absolute atomic E-state index is 0.0289. The van der Waals surface area contributed by atoms with Gasteiger partial charge in [-0.05, 0) is 14.0 Å². The van der Waals surface area contributed by atoms with Gasteiger partial charge in [0.2, 0.25) is 0 Å². The van der Waals surface area contributed by atoms with E-state index in [1.165, 1.54) is 11.3 Å². The predicted octanol–water partition coefficient (Wildman–Crippen LogP) is 0.550. The van der Waals surface area contributed by atoms with Crippen molar-refractivity contribution >= 4 is 17.2 Å². The summed E-state index contributed by atoms with van der Waals surface area (Å²) in [5.41, 5.74) is 6.27. The van der Waals surface area contributed by atoms with Crippen LogP contribution in [0.25, 0.3) is 0 Å². The molecule has 0 saturated carbocycles. The van der Waals surface area contributed by atoms with Crippen LogP contribution in [0.1, 0.15) is 28.5 Å². The lowest BCUT2D eigenvalue weighted by Crippen LogP contribution is -2.47. The Balaban J connectivity index is 2.03. The number of amides is 1. The van der Waals surface area contributed by atoms with Gasteiger partial charge in [-0.15, -0.1) is 11.3 Å². The first-order valence-corrected chi connectivity index (χ1v) is 6.64. The summed E-state index contributed by atoms with van der Waals surface area (Å²) in [4.78, 5) is 20.5. The summed E-state index contributed by atoms with van der Waals surface area (Å²) in [5, 5.41) is 2.63. The summed E-state index contributed by atoms with van der Waals surface area (Å²) in [6, 6.07) is -0.103. The van der Waals surface area contributed by atoms with E-state index in [0.717, 1.165) is 31.2 Å². The molecule has 1 unspecified atom stereocenters. The highest BCUT2D eigenvalue weighted by Gasteiger charge is 2.22. The molecule has 0 aliphatic carbocycles. The van der Waals surface area contributed by atoms with Crippen molar-refractivity contribution in [2.45, 2.75) is 13.0 Å². The molecule has 0 radical (unpaired) electrons. The Morgan fingerprint density at radius 1 is 1.47 bits per heavy atom. The second kappa shape index (κ2) is 5.12. The van der Waals surface area contributed by atoms with Crippen LogP contribution in [0.15, 0.2) is 5.38 Å². The van der Waals surface area contributed by atoms with Crippen molar-refractivity contribution < 1.29 is 4.79 Å². The molecule has 1 aromatic heterocycles. The Bertz CT molecular complexity index is 396. The second-order valence-electron chi connectivity index (χ2n) is 4.46. The number of nitrogens with two attached hydrogens (primary N) is 1. The molecule has 17 heavy (non-hydrogen) atoms. The van der Waals surface area contributed by atoms with Crippen LogP contribution in [-0.4, -0.2) is 53.9 Å². The lowest BCUT2D eigenvalue weighted by Gasteiger charge is -2.31. The molecule has 1 aliphatic rings. The molecule has 1 aliphatic heterocycles. The van der Waals surface area contributed by atoms with Crippen molar-refractivity contribution in [3.63, 3.8) is 0 Å². The smallest absolute Gasteiger partial charge is 0.273 e. The van der Waals surface area contributed by atoms with E-state index in [4.69, 9.17) is 5.73 Å². The van der Waals surface area contributed by atoms with Gasteiger partial charge in [-0.3, -0.25) is 4.79 Å². The van der Waals surface area contributed by atoms with Gasteiger partial charge >= 0.3 is 0 Å². The third kappa shape index (κ3) is 2.83. The fraction of sp³-hybridized carbons (Fsp3) is 0.636. The molecule has 1 atom stereocenters. The fourth-order valence-corrected chi connectivity index (χ4v) is 2.52. The Morgan fingerprint density at radius 3 is 2.65 bits per heavy atom. The number of likely N-dealkylation sites (N-methyl/N-ethyl adjacent to an activating group) is 1. The Kier molecular flexibility index (Phi) is 3.76. The zero-order chi connectivity index (χ0) is 12.4. The maximum Gasteiger partial charge on any atom is 0.273 e. The predicted molar refractivity (Wildman–Crippen MR) is 68.1 cm³/mol. The maximum atomic E-state index is 12.2. The summed E-state index contributed by atoms with van der Waals surface area (Å²) >= 11 is 1.46. The van der Waals surface area contributed by atoms with Crippen LogP contribution in [-0.2, 0) is 0 Å². The van der Waals surface area contributed by atoms with Gasteiger partial charge < -0.3 is 15.5 Å². The van der Waals surface area contributed by atoms with Gasteiger partial charge in [0.25, 0.3) is 5.91 Å². The quantitative estimate of drug-likeness (QED) is 0.837. The Labute approximate surface area is 105 Å². The summed E-state index contributed by atoms with van der Waals surface area (Å²) in [5.74, 6) is 0.0289. The van der Waals surface area contributed by atoms with Crippen LogP contribution in [0.4, 0.5) is 0 Å². The van der Waals surface area contributed by atoms with Crippen molar-refractivity contribution in [3.05, 3.63) is 16.1 Å². The number of piperazine rings is 1.